The Morgan fingerprint density at radius 3 is 2.53 bits per heavy atom. The summed E-state index contributed by atoms with van der Waals surface area (Å²) in [5.41, 5.74) is 1.17. The molecule has 0 bridgehead atoms. The van der Waals surface area contributed by atoms with Crippen LogP contribution in [0.15, 0.2) is 47.4 Å². The summed E-state index contributed by atoms with van der Waals surface area (Å²) in [5, 5.41) is 9.95. The highest BCUT2D eigenvalue weighted by Crippen LogP contribution is 2.35. The lowest BCUT2D eigenvalue weighted by Gasteiger charge is -2.53. The Bertz CT molecular complexity index is 1090. The molecule has 0 amide bonds. The topological polar surface area (TPSA) is 73.3 Å². The van der Waals surface area contributed by atoms with Gasteiger partial charge in [0.15, 0.2) is 0 Å². The molecular weight excluding hydrogens is 474 g/mol. The fraction of sp³-hybridized carbons (Fsp3) is 0.520. The van der Waals surface area contributed by atoms with Gasteiger partial charge in [0, 0.05) is 43.3 Å². The van der Waals surface area contributed by atoms with Crippen molar-refractivity contribution in [3.63, 3.8) is 0 Å². The molecule has 34 heavy (non-hydrogen) atoms. The number of halogens is 1. The summed E-state index contributed by atoms with van der Waals surface area (Å²) in [5.74, 6) is 0.572. The second-order valence-corrected chi connectivity index (χ2v) is 11.7. The van der Waals surface area contributed by atoms with E-state index in [-0.39, 0.29) is 22.9 Å². The molecule has 2 heterocycles. The molecule has 2 atom stereocenters. The molecule has 2 unspecified atom stereocenters. The maximum atomic E-state index is 13.9. The molecule has 7 nitrogen and oxygen atoms in total. The van der Waals surface area contributed by atoms with E-state index in [4.69, 9.17) is 16.3 Å². The maximum absolute atomic E-state index is 13.9. The molecule has 2 fully saturated rings. The molecule has 9 heteroatoms. The number of sulfonamides is 1. The minimum absolute atomic E-state index is 0.117. The molecule has 186 valence electrons. The molecule has 2 aromatic carbocycles. The van der Waals surface area contributed by atoms with E-state index >= 15 is 0 Å². The number of benzene rings is 2. The Morgan fingerprint density at radius 2 is 1.85 bits per heavy atom. The molecule has 0 aromatic heterocycles. The first-order valence-corrected chi connectivity index (χ1v) is 13.7. The zero-order valence-electron chi connectivity index (χ0n) is 20.0. The van der Waals surface area contributed by atoms with Gasteiger partial charge in [-0.15, -0.1) is 0 Å². The maximum Gasteiger partial charge on any atom is 0.248 e. The minimum atomic E-state index is -3.81. The molecule has 2 saturated heterocycles. The molecule has 4 rings (SSSR count). The van der Waals surface area contributed by atoms with Crippen LogP contribution < -0.4 is 4.74 Å². The van der Waals surface area contributed by atoms with Gasteiger partial charge in [0.25, 0.3) is 0 Å². The van der Waals surface area contributed by atoms with Crippen LogP contribution in [0.2, 0.25) is 5.02 Å². The molecule has 2 aliphatic rings. The Hall–Kier alpha value is -1.84. The summed E-state index contributed by atoms with van der Waals surface area (Å²) in [6, 6.07) is 12.6. The number of rotatable bonds is 7. The Morgan fingerprint density at radius 1 is 1.12 bits per heavy atom. The molecule has 2 aromatic rings. The van der Waals surface area contributed by atoms with E-state index < -0.39 is 10.0 Å². The summed E-state index contributed by atoms with van der Waals surface area (Å²) in [6.45, 7) is 7.23. The van der Waals surface area contributed by atoms with Crippen molar-refractivity contribution >= 4 is 21.6 Å². The van der Waals surface area contributed by atoms with Crippen LogP contribution in [-0.4, -0.2) is 79.2 Å². The van der Waals surface area contributed by atoms with Gasteiger partial charge in [-0.1, -0.05) is 23.7 Å². The van der Waals surface area contributed by atoms with Crippen molar-refractivity contribution in [3.8, 4) is 11.5 Å². The molecule has 0 saturated carbocycles. The van der Waals surface area contributed by atoms with Crippen LogP contribution in [-0.2, 0) is 16.4 Å². The van der Waals surface area contributed by atoms with Crippen LogP contribution in [0.5, 0.6) is 11.5 Å². The van der Waals surface area contributed by atoms with Crippen molar-refractivity contribution < 1.29 is 18.3 Å². The molecule has 2 aliphatic heterocycles. The highest BCUT2D eigenvalue weighted by molar-refractivity contribution is 7.89. The second kappa shape index (κ2) is 10.4. The summed E-state index contributed by atoms with van der Waals surface area (Å²) < 4.78 is 34.8. The van der Waals surface area contributed by atoms with Crippen molar-refractivity contribution in [3.05, 3.63) is 53.1 Å². The number of aryl methyl sites for hydroxylation is 1. The standard InChI is InChI=1S/C25H34ClN3O4S/c1-18(2)27-16-21(9-5-19-6-10-22(30)11-7-19)28-13-4-14-29(25(28)17-27)34(31,32)24-15-20(26)8-12-23(24)33-3/h6-8,10-12,15,18,21,25,30H,4-5,9,13-14,16-17H2,1-3H3. The fourth-order valence-electron chi connectivity index (χ4n) is 5.09. The number of phenols is 1. The van der Waals surface area contributed by atoms with E-state index in [9.17, 15) is 13.5 Å². The van der Waals surface area contributed by atoms with E-state index in [0.717, 1.165) is 32.4 Å². The summed E-state index contributed by atoms with van der Waals surface area (Å²) in [7, 11) is -2.34. The SMILES string of the molecule is COc1ccc(Cl)cc1S(=O)(=O)N1CCCN2C(CCc3ccc(O)cc3)CN(C(C)C)CC21. The van der Waals surface area contributed by atoms with Crippen LogP contribution in [0, 0.1) is 0 Å². The number of fused-ring (bicyclic) bond motifs is 1. The third kappa shape index (κ3) is 5.21. The monoisotopic (exact) mass is 507 g/mol. The number of phenolic OH excluding ortho intramolecular Hbond substituents is 1. The smallest absolute Gasteiger partial charge is 0.248 e. The minimum Gasteiger partial charge on any atom is -0.508 e. The summed E-state index contributed by atoms with van der Waals surface area (Å²) in [6.07, 6.45) is 2.31. The number of ether oxygens (including phenoxy) is 1. The van der Waals surface area contributed by atoms with E-state index in [0.29, 0.717) is 29.9 Å². The molecule has 0 aliphatic carbocycles. The van der Waals surface area contributed by atoms with Crippen LogP contribution in [0.3, 0.4) is 0 Å². The lowest BCUT2D eigenvalue weighted by atomic mass is 9.98. The van der Waals surface area contributed by atoms with Crippen LogP contribution in [0.25, 0.3) is 0 Å². The largest absolute Gasteiger partial charge is 0.508 e. The number of aromatic hydroxyl groups is 1. The van der Waals surface area contributed by atoms with Crippen LogP contribution in [0.4, 0.5) is 0 Å². The van der Waals surface area contributed by atoms with E-state index in [1.165, 1.54) is 18.7 Å². The third-order valence-corrected chi connectivity index (χ3v) is 9.12. The predicted octanol–water partition coefficient (Wildman–Crippen LogP) is 3.80. The fourth-order valence-corrected chi connectivity index (χ4v) is 7.14. The first kappa shape index (κ1) is 25.3. The zero-order chi connectivity index (χ0) is 24.5. The Balaban J connectivity index is 1.63. The van der Waals surface area contributed by atoms with Gasteiger partial charge < -0.3 is 9.84 Å². The molecule has 1 N–H and O–H groups in total. The van der Waals surface area contributed by atoms with Gasteiger partial charge >= 0.3 is 0 Å². The summed E-state index contributed by atoms with van der Waals surface area (Å²) >= 11 is 6.18. The number of nitrogens with zero attached hydrogens (tertiary/aromatic N) is 3. The number of piperazine rings is 1. The van der Waals surface area contributed by atoms with E-state index in [1.807, 2.05) is 12.1 Å². The van der Waals surface area contributed by atoms with Gasteiger partial charge in [0.1, 0.15) is 16.4 Å². The normalized spacial score (nSPS) is 22.6. The van der Waals surface area contributed by atoms with Crippen molar-refractivity contribution in [2.24, 2.45) is 0 Å². The average molecular weight is 508 g/mol. The third-order valence-electron chi connectivity index (χ3n) is 6.97. The van der Waals surface area contributed by atoms with Crippen molar-refractivity contribution in [2.75, 3.05) is 33.3 Å². The van der Waals surface area contributed by atoms with Gasteiger partial charge in [-0.05, 0) is 69.0 Å². The second-order valence-electron chi connectivity index (χ2n) is 9.39. The highest BCUT2D eigenvalue weighted by Gasteiger charge is 2.45. The predicted molar refractivity (Wildman–Crippen MR) is 134 cm³/mol. The van der Waals surface area contributed by atoms with Crippen molar-refractivity contribution in [1.29, 1.82) is 0 Å². The van der Waals surface area contributed by atoms with Crippen LogP contribution >= 0.6 is 11.6 Å². The highest BCUT2D eigenvalue weighted by atomic mass is 35.5. The van der Waals surface area contributed by atoms with Gasteiger partial charge in [-0.25, -0.2) is 8.42 Å². The summed E-state index contributed by atoms with van der Waals surface area (Å²) in [4.78, 5) is 4.87. The first-order valence-electron chi connectivity index (χ1n) is 11.8. The van der Waals surface area contributed by atoms with Crippen LogP contribution in [0.1, 0.15) is 32.3 Å². The van der Waals surface area contributed by atoms with Gasteiger partial charge in [-0.2, -0.15) is 4.31 Å². The van der Waals surface area contributed by atoms with Gasteiger partial charge in [0.05, 0.1) is 13.3 Å². The van der Waals surface area contributed by atoms with E-state index in [2.05, 4.69) is 23.6 Å². The average Bonchev–Trinajstić information content (AvgIpc) is 2.82. The Labute approximate surface area is 207 Å². The lowest BCUT2D eigenvalue weighted by molar-refractivity contribution is -0.0587. The quantitative estimate of drug-likeness (QED) is 0.614. The first-order chi connectivity index (χ1) is 16.2. The number of hydrogen-bond acceptors (Lipinski definition) is 6. The Kier molecular flexibility index (Phi) is 7.74. The lowest BCUT2D eigenvalue weighted by Crippen LogP contribution is -2.68. The number of hydrogen-bond donors (Lipinski definition) is 1. The van der Waals surface area contributed by atoms with E-state index in [1.54, 1.807) is 28.6 Å². The molecular formula is C25H34ClN3O4S. The van der Waals surface area contributed by atoms with Crippen molar-refractivity contribution in [2.45, 2.75) is 56.3 Å². The van der Waals surface area contributed by atoms with Gasteiger partial charge in [0.2, 0.25) is 10.0 Å². The van der Waals surface area contributed by atoms with Crippen molar-refractivity contribution in [1.82, 2.24) is 14.1 Å². The molecule has 0 spiro atoms. The zero-order valence-corrected chi connectivity index (χ0v) is 21.6. The van der Waals surface area contributed by atoms with Gasteiger partial charge in [-0.3, -0.25) is 9.80 Å². The molecule has 0 radical (unpaired) electrons. The number of methoxy groups -OCH3 is 1.